The van der Waals surface area contributed by atoms with Gasteiger partial charge in [0.25, 0.3) is 5.89 Å². The molecule has 194 valence electrons. The molecule has 0 aliphatic carbocycles. The van der Waals surface area contributed by atoms with Crippen molar-refractivity contribution in [2.75, 3.05) is 0 Å². The van der Waals surface area contributed by atoms with E-state index in [1.807, 2.05) is 19.1 Å². The van der Waals surface area contributed by atoms with Crippen molar-refractivity contribution in [3.8, 4) is 28.5 Å². The Bertz CT molecular complexity index is 1610. The second-order valence-electron chi connectivity index (χ2n) is 9.14. The third kappa shape index (κ3) is 5.20. The van der Waals surface area contributed by atoms with Gasteiger partial charge < -0.3 is 9.15 Å². The lowest BCUT2D eigenvalue weighted by atomic mass is 10.1. The first-order valence-corrected chi connectivity index (χ1v) is 12.8. The molecule has 38 heavy (non-hydrogen) atoms. The Morgan fingerprint density at radius 2 is 1.66 bits per heavy atom. The minimum Gasteiger partial charge on any atom is -0.416 e. The van der Waals surface area contributed by atoms with Crippen LogP contribution in [0.1, 0.15) is 30.9 Å². The van der Waals surface area contributed by atoms with Gasteiger partial charge in [0.2, 0.25) is 5.89 Å². The number of halogens is 4. The first kappa shape index (κ1) is 26.4. The van der Waals surface area contributed by atoms with Gasteiger partial charge in [-0.3, -0.25) is 0 Å². The Labute approximate surface area is 233 Å². The van der Waals surface area contributed by atoms with E-state index in [0.29, 0.717) is 32.0 Å². The summed E-state index contributed by atoms with van der Waals surface area (Å²) in [6.45, 7) is 5.52. The first-order valence-electron chi connectivity index (χ1n) is 11.7. The number of hydrogen-bond donors (Lipinski definition) is 0. The summed E-state index contributed by atoms with van der Waals surface area (Å²) in [4.78, 5) is 0. The zero-order chi connectivity index (χ0) is 27.0. The molecule has 0 amide bonds. The third-order valence-corrected chi connectivity index (χ3v) is 6.86. The zero-order valence-corrected chi connectivity index (χ0v) is 22.9. The van der Waals surface area contributed by atoms with Crippen LogP contribution in [0.5, 0.6) is 0 Å². The second-order valence-corrected chi connectivity index (χ2v) is 10.4. The monoisotopic (exact) mass is 570 g/mol. The molecule has 0 spiro atoms. The Hall–Kier alpha value is -3.23. The number of ether oxygens (including phenoxy) is 1. The largest absolute Gasteiger partial charge is 0.416 e. The molecule has 0 radical (unpaired) electrons. The molecule has 10 heteroatoms. The van der Waals surface area contributed by atoms with Crippen LogP contribution in [0.2, 0.25) is 15.1 Å². The molecule has 0 saturated heterocycles. The molecule has 6 nitrogen and oxygen atoms in total. The third-order valence-electron chi connectivity index (χ3n) is 6.07. The fourth-order valence-electron chi connectivity index (χ4n) is 3.97. The van der Waals surface area contributed by atoms with Gasteiger partial charge in [-0.2, -0.15) is 5.10 Å². The standard InChI is InChI=1S/C28H22Cl3FN4O2/c1-16-24(26-33-34-27(38-26)28(2,3)37-15-18-6-4-5-7-22(18)32)35-36(23-13-12-20(30)14-21(23)31)25(16)17-8-10-19(29)11-9-17/h4-14H,15H2,1-3H3. The van der Waals surface area contributed by atoms with E-state index in [0.717, 1.165) is 16.8 Å². The summed E-state index contributed by atoms with van der Waals surface area (Å²) in [5, 5.41) is 14.8. The van der Waals surface area contributed by atoms with E-state index in [1.165, 1.54) is 6.07 Å². The normalized spacial score (nSPS) is 11.8. The van der Waals surface area contributed by atoms with E-state index < -0.39 is 5.60 Å². The van der Waals surface area contributed by atoms with Gasteiger partial charge in [-0.05, 0) is 57.2 Å². The summed E-state index contributed by atoms with van der Waals surface area (Å²) >= 11 is 18.8. The van der Waals surface area contributed by atoms with Crippen LogP contribution in [0.15, 0.2) is 71.1 Å². The van der Waals surface area contributed by atoms with E-state index in [2.05, 4.69) is 10.2 Å². The average Bonchev–Trinajstić information content (AvgIpc) is 3.50. The number of nitrogens with zero attached hydrogens (tertiary/aromatic N) is 4. The zero-order valence-electron chi connectivity index (χ0n) is 20.7. The highest BCUT2D eigenvalue weighted by Gasteiger charge is 2.31. The van der Waals surface area contributed by atoms with E-state index in [-0.39, 0.29) is 24.2 Å². The van der Waals surface area contributed by atoms with Crippen molar-refractivity contribution in [2.45, 2.75) is 33.0 Å². The molecule has 5 aromatic rings. The SMILES string of the molecule is Cc1c(-c2nnc(C(C)(C)OCc3ccccc3F)o2)nn(-c2ccc(Cl)cc2Cl)c1-c1ccc(Cl)cc1. The molecular formula is C28H22Cl3FN4O2. The topological polar surface area (TPSA) is 66.0 Å². The van der Waals surface area contributed by atoms with Crippen LogP contribution in [0.4, 0.5) is 4.39 Å². The maximum atomic E-state index is 14.1. The van der Waals surface area contributed by atoms with Crippen LogP contribution in [-0.4, -0.2) is 20.0 Å². The molecule has 0 N–H and O–H groups in total. The van der Waals surface area contributed by atoms with Gasteiger partial charge in [0.05, 0.1) is 23.0 Å². The van der Waals surface area contributed by atoms with Crippen molar-refractivity contribution in [3.05, 3.63) is 105 Å². The Morgan fingerprint density at radius 3 is 2.37 bits per heavy atom. The molecule has 0 atom stereocenters. The first-order chi connectivity index (χ1) is 18.1. The Morgan fingerprint density at radius 1 is 0.947 bits per heavy atom. The predicted molar refractivity (Wildman–Crippen MR) is 146 cm³/mol. The number of rotatable bonds is 7. The van der Waals surface area contributed by atoms with Gasteiger partial charge in [-0.25, -0.2) is 9.07 Å². The van der Waals surface area contributed by atoms with E-state index in [9.17, 15) is 4.39 Å². The van der Waals surface area contributed by atoms with Crippen LogP contribution in [0.3, 0.4) is 0 Å². The van der Waals surface area contributed by atoms with Crippen molar-refractivity contribution >= 4 is 34.8 Å². The molecule has 0 saturated carbocycles. The quantitative estimate of drug-likeness (QED) is 0.196. The molecule has 2 heterocycles. The maximum absolute atomic E-state index is 14.1. The van der Waals surface area contributed by atoms with Gasteiger partial charge in [-0.15, -0.1) is 10.2 Å². The highest BCUT2D eigenvalue weighted by molar-refractivity contribution is 6.35. The van der Waals surface area contributed by atoms with Crippen molar-refractivity contribution in [1.82, 2.24) is 20.0 Å². The Balaban J connectivity index is 1.54. The molecule has 0 unspecified atom stereocenters. The molecule has 5 rings (SSSR count). The minimum atomic E-state index is -0.984. The average molecular weight is 572 g/mol. The lowest BCUT2D eigenvalue weighted by Crippen LogP contribution is -2.22. The van der Waals surface area contributed by atoms with Crippen LogP contribution in [0.25, 0.3) is 28.5 Å². The smallest absolute Gasteiger partial charge is 0.268 e. The van der Waals surface area contributed by atoms with Crippen molar-refractivity contribution in [3.63, 3.8) is 0 Å². The summed E-state index contributed by atoms with van der Waals surface area (Å²) in [5.74, 6) is 0.0979. The molecule has 0 aliphatic rings. The lowest BCUT2D eigenvalue weighted by molar-refractivity contribution is -0.0525. The summed E-state index contributed by atoms with van der Waals surface area (Å²) < 4.78 is 27.8. The van der Waals surface area contributed by atoms with Crippen LogP contribution in [-0.2, 0) is 16.9 Å². The second kappa shape index (κ2) is 10.5. The molecule has 0 bridgehead atoms. The van der Waals surface area contributed by atoms with Gasteiger partial charge in [0, 0.05) is 26.7 Å². The van der Waals surface area contributed by atoms with Crippen LogP contribution >= 0.6 is 34.8 Å². The fourth-order valence-corrected chi connectivity index (χ4v) is 4.59. The van der Waals surface area contributed by atoms with Gasteiger partial charge in [0.15, 0.2) is 5.69 Å². The van der Waals surface area contributed by atoms with Crippen LogP contribution in [0, 0.1) is 12.7 Å². The maximum Gasteiger partial charge on any atom is 0.268 e. The van der Waals surface area contributed by atoms with Crippen molar-refractivity contribution < 1.29 is 13.5 Å². The predicted octanol–water partition coefficient (Wildman–Crippen LogP) is 8.45. The molecule has 2 aromatic heterocycles. The van der Waals surface area contributed by atoms with Crippen molar-refractivity contribution in [2.24, 2.45) is 0 Å². The van der Waals surface area contributed by atoms with Gasteiger partial charge >= 0.3 is 0 Å². The summed E-state index contributed by atoms with van der Waals surface area (Å²) in [6, 6.07) is 19.0. The number of aromatic nitrogens is 4. The summed E-state index contributed by atoms with van der Waals surface area (Å²) in [6.07, 6.45) is 0. The lowest BCUT2D eigenvalue weighted by Gasteiger charge is -2.21. The van der Waals surface area contributed by atoms with E-state index in [4.69, 9.17) is 49.1 Å². The summed E-state index contributed by atoms with van der Waals surface area (Å²) in [7, 11) is 0. The highest BCUT2D eigenvalue weighted by atomic mass is 35.5. The minimum absolute atomic E-state index is 0.0425. The van der Waals surface area contributed by atoms with Crippen molar-refractivity contribution in [1.29, 1.82) is 0 Å². The molecular weight excluding hydrogens is 550 g/mol. The summed E-state index contributed by atoms with van der Waals surface area (Å²) in [5.41, 5.74) is 2.98. The van der Waals surface area contributed by atoms with E-state index >= 15 is 0 Å². The number of benzene rings is 3. The Kier molecular flexibility index (Phi) is 7.29. The molecule has 0 fully saturated rings. The highest BCUT2D eigenvalue weighted by Crippen LogP contribution is 2.37. The fraction of sp³-hybridized carbons (Fsp3) is 0.179. The van der Waals surface area contributed by atoms with Crippen LogP contribution < -0.4 is 0 Å². The molecule has 0 aliphatic heterocycles. The molecule has 3 aromatic carbocycles. The van der Waals surface area contributed by atoms with Gasteiger partial charge in [0.1, 0.15) is 11.4 Å². The van der Waals surface area contributed by atoms with E-state index in [1.54, 1.807) is 67.1 Å². The number of hydrogen-bond acceptors (Lipinski definition) is 5. The van der Waals surface area contributed by atoms with Gasteiger partial charge in [-0.1, -0.05) is 65.1 Å².